The van der Waals surface area contributed by atoms with E-state index in [-0.39, 0.29) is 16.7 Å². The van der Waals surface area contributed by atoms with Crippen molar-refractivity contribution in [2.24, 2.45) is 5.92 Å². The highest BCUT2D eigenvalue weighted by Gasteiger charge is 2.66. The first-order chi connectivity index (χ1) is 7.35. The number of halogens is 4. The zero-order valence-electron chi connectivity index (χ0n) is 8.31. The number of carbonyl (C=O) groups excluding carboxylic acids is 1. The van der Waals surface area contributed by atoms with E-state index in [0.717, 1.165) is 0 Å². The predicted molar refractivity (Wildman–Crippen MR) is 62.8 cm³/mol. The molecule has 0 heterocycles. The topological polar surface area (TPSA) is 17.1 Å². The minimum absolute atomic E-state index is 0.0100. The zero-order valence-corrected chi connectivity index (χ0v) is 10.6. The second-order valence-electron chi connectivity index (χ2n) is 3.91. The van der Waals surface area contributed by atoms with Crippen LogP contribution in [0, 0.1) is 11.7 Å². The monoisotopic (exact) mass is 280 g/mol. The van der Waals surface area contributed by atoms with E-state index in [2.05, 4.69) is 0 Å². The molecule has 1 saturated carbocycles. The highest BCUT2D eigenvalue weighted by Crippen LogP contribution is 2.65. The summed E-state index contributed by atoms with van der Waals surface area (Å²) in [6.07, 6.45) is 0. The van der Waals surface area contributed by atoms with Gasteiger partial charge in [0.2, 0.25) is 0 Å². The van der Waals surface area contributed by atoms with Gasteiger partial charge >= 0.3 is 0 Å². The molecule has 5 heteroatoms. The first kappa shape index (κ1) is 12.2. The lowest BCUT2D eigenvalue weighted by molar-refractivity contribution is -0.118. The van der Waals surface area contributed by atoms with Crippen molar-refractivity contribution in [3.8, 4) is 0 Å². The van der Waals surface area contributed by atoms with Crippen molar-refractivity contribution in [2.75, 3.05) is 0 Å². The Balaban J connectivity index is 2.33. The summed E-state index contributed by atoms with van der Waals surface area (Å²) in [6, 6.07) is 4.26. The van der Waals surface area contributed by atoms with E-state index in [4.69, 9.17) is 34.8 Å². The molecule has 86 valence electrons. The maximum absolute atomic E-state index is 13.0. The van der Waals surface area contributed by atoms with Crippen molar-refractivity contribution < 1.29 is 9.18 Å². The Kier molecular flexibility index (Phi) is 2.94. The average Bonchev–Trinajstić information content (AvgIpc) is 2.74. The van der Waals surface area contributed by atoms with E-state index >= 15 is 0 Å². The molecule has 16 heavy (non-hydrogen) atoms. The van der Waals surface area contributed by atoms with Crippen molar-refractivity contribution in [2.45, 2.75) is 17.2 Å². The van der Waals surface area contributed by atoms with E-state index in [1.807, 2.05) is 0 Å². The molecule has 0 N–H and O–H groups in total. The first-order valence-electron chi connectivity index (χ1n) is 4.69. The second-order valence-corrected chi connectivity index (χ2v) is 5.77. The second kappa shape index (κ2) is 3.86. The van der Waals surface area contributed by atoms with Gasteiger partial charge in [0.15, 0.2) is 0 Å². The average molecular weight is 282 g/mol. The lowest BCUT2D eigenvalue weighted by Gasteiger charge is -2.01. The van der Waals surface area contributed by atoms with Crippen LogP contribution >= 0.6 is 34.8 Å². The summed E-state index contributed by atoms with van der Waals surface area (Å²) in [7, 11) is 0. The minimum atomic E-state index is -1.09. The maximum atomic E-state index is 13.0. The van der Waals surface area contributed by atoms with Gasteiger partial charge in [0, 0.05) is 5.92 Å². The molecule has 2 unspecified atom stereocenters. The van der Waals surface area contributed by atoms with Crippen LogP contribution in [0.2, 0.25) is 5.02 Å². The molecule has 1 aliphatic carbocycles. The molecule has 0 radical (unpaired) electrons. The largest absolute Gasteiger partial charge is 0.300 e. The summed E-state index contributed by atoms with van der Waals surface area (Å²) < 4.78 is 11.9. The van der Waals surface area contributed by atoms with Crippen LogP contribution in [0.1, 0.15) is 18.4 Å². The highest BCUT2D eigenvalue weighted by atomic mass is 35.5. The number of benzene rings is 1. The number of carbonyl (C=O) groups is 1. The summed E-state index contributed by atoms with van der Waals surface area (Å²) in [5, 5.41) is 0.0100. The Hall–Kier alpha value is -0.310. The fraction of sp³-hybridized carbons (Fsp3) is 0.364. The molecule has 2 atom stereocenters. The normalized spacial score (nSPS) is 26.6. The van der Waals surface area contributed by atoms with Gasteiger partial charge in [0.25, 0.3) is 0 Å². The van der Waals surface area contributed by atoms with E-state index in [0.29, 0.717) is 5.56 Å². The van der Waals surface area contributed by atoms with Gasteiger partial charge in [-0.3, -0.25) is 4.79 Å². The van der Waals surface area contributed by atoms with Gasteiger partial charge in [-0.25, -0.2) is 4.39 Å². The standard InChI is InChI=1S/C11H8Cl3FO/c1-5(16)9-10(11(9,13)14)6-2-3-8(15)7(12)4-6/h2-4,9-10H,1H3. The molecule has 0 saturated heterocycles. The van der Waals surface area contributed by atoms with Crippen LogP contribution in [0.5, 0.6) is 0 Å². The van der Waals surface area contributed by atoms with E-state index in [1.54, 1.807) is 6.07 Å². The van der Waals surface area contributed by atoms with Crippen LogP contribution in [0.3, 0.4) is 0 Å². The number of alkyl halides is 2. The molecule has 1 aromatic rings. The number of Topliss-reactive ketones (excluding diaryl/α,β-unsaturated/α-hetero) is 1. The lowest BCUT2D eigenvalue weighted by atomic mass is 10.1. The molecule has 1 nitrogen and oxygen atoms in total. The Labute approximate surface area is 107 Å². The van der Waals surface area contributed by atoms with E-state index < -0.39 is 16.1 Å². The SMILES string of the molecule is CC(=O)C1C(c2ccc(F)c(Cl)c2)C1(Cl)Cl. The molecule has 0 aliphatic heterocycles. The van der Waals surface area contributed by atoms with Crippen molar-refractivity contribution in [3.05, 3.63) is 34.6 Å². The Bertz CT molecular complexity index is 459. The summed E-state index contributed by atoms with van der Waals surface area (Å²) in [5.41, 5.74) is 0.691. The Morgan fingerprint density at radius 2 is 2.06 bits per heavy atom. The predicted octanol–water partition coefficient (Wildman–Crippen LogP) is 3.96. The number of hydrogen-bond donors (Lipinski definition) is 0. The van der Waals surface area contributed by atoms with Gasteiger partial charge in [0.1, 0.15) is 15.9 Å². The molecular weight excluding hydrogens is 273 g/mol. The molecule has 1 aliphatic rings. The third-order valence-corrected chi connectivity index (χ3v) is 4.02. The van der Waals surface area contributed by atoms with Crippen LogP contribution in [-0.2, 0) is 4.79 Å². The van der Waals surface area contributed by atoms with Crippen LogP contribution < -0.4 is 0 Å². The molecule has 0 aromatic heterocycles. The summed E-state index contributed by atoms with van der Waals surface area (Å²) in [5.74, 6) is -1.31. The quantitative estimate of drug-likeness (QED) is 0.750. The Morgan fingerprint density at radius 3 is 2.50 bits per heavy atom. The van der Waals surface area contributed by atoms with Gasteiger partial charge in [-0.2, -0.15) is 0 Å². The summed E-state index contributed by atoms with van der Waals surface area (Å²) in [4.78, 5) is 11.3. The third-order valence-electron chi connectivity index (χ3n) is 2.79. The van der Waals surface area contributed by atoms with Crippen LogP contribution in [0.4, 0.5) is 4.39 Å². The summed E-state index contributed by atoms with van der Waals surface area (Å²) >= 11 is 17.7. The fourth-order valence-electron chi connectivity index (χ4n) is 1.95. The van der Waals surface area contributed by atoms with Crippen molar-refractivity contribution >= 4 is 40.6 Å². The van der Waals surface area contributed by atoms with E-state index in [1.165, 1.54) is 19.1 Å². The van der Waals surface area contributed by atoms with Gasteiger partial charge < -0.3 is 0 Å². The lowest BCUT2D eigenvalue weighted by Crippen LogP contribution is -1.99. The number of ketones is 1. The summed E-state index contributed by atoms with van der Waals surface area (Å²) in [6.45, 7) is 1.44. The first-order valence-corrected chi connectivity index (χ1v) is 5.82. The van der Waals surface area contributed by atoms with Crippen LogP contribution in [-0.4, -0.2) is 10.1 Å². The smallest absolute Gasteiger partial charge is 0.141 e. The molecule has 0 bridgehead atoms. The molecule has 0 amide bonds. The van der Waals surface area contributed by atoms with Gasteiger partial charge in [0.05, 0.1) is 10.9 Å². The highest BCUT2D eigenvalue weighted by molar-refractivity contribution is 6.53. The van der Waals surface area contributed by atoms with Crippen LogP contribution in [0.25, 0.3) is 0 Å². The fourth-order valence-corrected chi connectivity index (χ4v) is 3.08. The number of rotatable bonds is 2. The minimum Gasteiger partial charge on any atom is -0.300 e. The van der Waals surface area contributed by atoms with Crippen molar-refractivity contribution in [1.29, 1.82) is 0 Å². The molecule has 2 rings (SSSR count). The Morgan fingerprint density at radius 1 is 1.44 bits per heavy atom. The van der Waals surface area contributed by atoms with Gasteiger partial charge in [-0.05, 0) is 24.6 Å². The molecule has 1 aromatic carbocycles. The van der Waals surface area contributed by atoms with Gasteiger partial charge in [-0.15, -0.1) is 23.2 Å². The number of hydrogen-bond acceptors (Lipinski definition) is 1. The molecular formula is C11H8Cl3FO. The van der Waals surface area contributed by atoms with Crippen molar-refractivity contribution in [3.63, 3.8) is 0 Å². The van der Waals surface area contributed by atoms with E-state index in [9.17, 15) is 9.18 Å². The van der Waals surface area contributed by atoms with Crippen LogP contribution in [0.15, 0.2) is 18.2 Å². The van der Waals surface area contributed by atoms with Crippen molar-refractivity contribution in [1.82, 2.24) is 0 Å². The van der Waals surface area contributed by atoms with Gasteiger partial charge in [-0.1, -0.05) is 17.7 Å². The maximum Gasteiger partial charge on any atom is 0.141 e. The third kappa shape index (κ3) is 1.83. The zero-order chi connectivity index (χ0) is 12.1. The molecule has 0 spiro atoms. The molecule has 1 fully saturated rings.